The molecule has 0 aliphatic carbocycles. The fourth-order valence-electron chi connectivity index (χ4n) is 3.60. The summed E-state index contributed by atoms with van der Waals surface area (Å²) in [5, 5.41) is 6.73. The molecule has 0 saturated carbocycles. The smallest absolute Gasteiger partial charge is 0.195 e. The molecule has 1 unspecified atom stereocenters. The van der Waals surface area contributed by atoms with Crippen LogP contribution in [0.2, 0.25) is 0 Å². The maximum absolute atomic E-state index is 5.81. The van der Waals surface area contributed by atoms with Crippen LogP contribution >= 0.6 is 24.0 Å². The maximum atomic E-state index is 5.81. The molecule has 8 heteroatoms. The number of hydrogen-bond donors (Lipinski definition) is 2. The minimum Gasteiger partial charge on any atom is -0.493 e. The van der Waals surface area contributed by atoms with Gasteiger partial charge in [-0.2, -0.15) is 0 Å². The molecule has 0 bridgehead atoms. The average Bonchev–Trinajstić information content (AvgIpc) is 3.47. The number of nitrogens with zero attached hydrogens (tertiary/aromatic N) is 2. The summed E-state index contributed by atoms with van der Waals surface area (Å²) in [6.07, 6.45) is 5.07. The van der Waals surface area contributed by atoms with Crippen molar-refractivity contribution in [1.82, 2.24) is 10.2 Å². The highest BCUT2D eigenvalue weighted by atomic mass is 127. The molecule has 31 heavy (non-hydrogen) atoms. The van der Waals surface area contributed by atoms with Gasteiger partial charge >= 0.3 is 0 Å². The van der Waals surface area contributed by atoms with Crippen LogP contribution in [-0.2, 0) is 4.74 Å². The molecular formula is C23H35IN4O3. The number of furan rings is 1. The minimum atomic E-state index is 0. The first kappa shape index (κ1) is 25.5. The predicted octanol–water partition coefficient (Wildman–Crippen LogP) is 4.53. The number of guanidine groups is 1. The Morgan fingerprint density at radius 3 is 2.74 bits per heavy atom. The Hall–Kier alpha value is -1.78. The fourth-order valence-corrected chi connectivity index (χ4v) is 3.60. The summed E-state index contributed by atoms with van der Waals surface area (Å²) >= 11 is 0. The van der Waals surface area contributed by atoms with Gasteiger partial charge in [-0.15, -0.1) is 24.0 Å². The number of hydrogen-bond acceptors (Lipinski definition) is 5. The number of likely N-dealkylation sites (tertiary alicyclic amines) is 1. The van der Waals surface area contributed by atoms with Crippen LogP contribution in [0.5, 0.6) is 5.75 Å². The van der Waals surface area contributed by atoms with E-state index in [1.165, 1.54) is 12.8 Å². The summed E-state index contributed by atoms with van der Waals surface area (Å²) in [5.74, 6) is 2.56. The quantitative estimate of drug-likeness (QED) is 0.188. The molecule has 1 saturated heterocycles. The van der Waals surface area contributed by atoms with Gasteiger partial charge in [-0.3, -0.25) is 9.89 Å². The van der Waals surface area contributed by atoms with Crippen LogP contribution in [0.3, 0.4) is 0 Å². The first-order valence-corrected chi connectivity index (χ1v) is 10.8. The molecule has 2 N–H and O–H groups in total. The first-order chi connectivity index (χ1) is 14.8. The lowest BCUT2D eigenvalue weighted by Crippen LogP contribution is -2.33. The summed E-state index contributed by atoms with van der Waals surface area (Å²) in [5.41, 5.74) is 0.940. The van der Waals surface area contributed by atoms with Crippen LogP contribution in [0, 0.1) is 0 Å². The van der Waals surface area contributed by atoms with Crippen LogP contribution in [0.15, 0.2) is 52.1 Å². The van der Waals surface area contributed by atoms with E-state index in [1.807, 2.05) is 36.4 Å². The molecule has 0 radical (unpaired) electrons. The lowest BCUT2D eigenvalue weighted by atomic mass is 10.2. The standard InChI is InChI=1S/C23H34N4O3.HI/c1-3-24-23(26-19-9-6-10-20(17-19)29-16-8-14-28-2)25-18-21(22-11-7-15-30-22)27-12-4-5-13-27;/h6-7,9-11,15,17,21H,3-5,8,12-14,16,18H2,1-2H3,(H2,24,25,26);1H. The monoisotopic (exact) mass is 542 g/mol. The van der Waals surface area contributed by atoms with Crippen molar-refractivity contribution >= 4 is 35.6 Å². The van der Waals surface area contributed by atoms with Crippen LogP contribution in [0.1, 0.15) is 38.0 Å². The van der Waals surface area contributed by atoms with E-state index in [-0.39, 0.29) is 30.0 Å². The van der Waals surface area contributed by atoms with Crippen molar-refractivity contribution in [3.05, 3.63) is 48.4 Å². The lowest BCUT2D eigenvalue weighted by Gasteiger charge is -2.24. The Morgan fingerprint density at radius 1 is 1.19 bits per heavy atom. The van der Waals surface area contributed by atoms with Gasteiger partial charge < -0.3 is 24.5 Å². The Balaban J connectivity index is 0.00000341. The SMILES string of the molecule is CCNC(=NCC(c1ccco1)N1CCCC1)Nc1cccc(OCCCOC)c1.I. The second-order valence-corrected chi connectivity index (χ2v) is 7.34. The molecule has 172 valence electrons. The topological polar surface area (TPSA) is 71.3 Å². The van der Waals surface area contributed by atoms with Crippen LogP contribution in [-0.4, -0.2) is 57.4 Å². The Kier molecular flexibility index (Phi) is 11.8. The van der Waals surface area contributed by atoms with Crippen molar-refractivity contribution < 1.29 is 13.9 Å². The van der Waals surface area contributed by atoms with Gasteiger partial charge in [0.25, 0.3) is 0 Å². The fraction of sp³-hybridized carbons (Fsp3) is 0.522. The van der Waals surface area contributed by atoms with Crippen molar-refractivity contribution in [3.63, 3.8) is 0 Å². The third-order valence-electron chi connectivity index (χ3n) is 5.08. The van der Waals surface area contributed by atoms with Gasteiger partial charge in [0.05, 0.1) is 25.5 Å². The summed E-state index contributed by atoms with van der Waals surface area (Å²) in [7, 11) is 1.70. The Morgan fingerprint density at radius 2 is 2.03 bits per heavy atom. The number of rotatable bonds is 11. The molecule has 1 atom stereocenters. The zero-order chi connectivity index (χ0) is 21.0. The summed E-state index contributed by atoms with van der Waals surface area (Å²) in [6.45, 7) is 7.00. The van der Waals surface area contributed by atoms with E-state index in [0.29, 0.717) is 19.8 Å². The van der Waals surface area contributed by atoms with Crippen LogP contribution in [0.25, 0.3) is 0 Å². The molecule has 1 aliphatic rings. The maximum Gasteiger partial charge on any atom is 0.195 e. The van der Waals surface area contributed by atoms with Crippen molar-refractivity contribution in [2.75, 3.05) is 51.8 Å². The highest BCUT2D eigenvalue weighted by molar-refractivity contribution is 14.0. The first-order valence-electron chi connectivity index (χ1n) is 10.8. The van der Waals surface area contributed by atoms with E-state index in [4.69, 9.17) is 18.9 Å². The molecule has 1 aliphatic heterocycles. The van der Waals surface area contributed by atoms with Gasteiger partial charge in [-0.1, -0.05) is 6.07 Å². The normalized spacial score (nSPS) is 15.4. The van der Waals surface area contributed by atoms with Gasteiger partial charge in [-0.05, 0) is 57.1 Å². The van der Waals surface area contributed by atoms with E-state index >= 15 is 0 Å². The molecule has 7 nitrogen and oxygen atoms in total. The van der Waals surface area contributed by atoms with E-state index in [1.54, 1.807) is 13.4 Å². The number of anilines is 1. The predicted molar refractivity (Wildman–Crippen MR) is 136 cm³/mol. The van der Waals surface area contributed by atoms with Crippen LogP contribution in [0.4, 0.5) is 5.69 Å². The molecular weight excluding hydrogens is 507 g/mol. The van der Waals surface area contributed by atoms with Gasteiger partial charge in [-0.25, -0.2) is 0 Å². The zero-order valence-electron chi connectivity index (χ0n) is 18.5. The van der Waals surface area contributed by atoms with Crippen LogP contribution < -0.4 is 15.4 Å². The second kappa shape index (κ2) is 14.3. The molecule has 0 spiro atoms. The number of benzene rings is 1. The molecule has 1 aromatic heterocycles. The lowest BCUT2D eigenvalue weighted by molar-refractivity contribution is 0.172. The third-order valence-corrected chi connectivity index (χ3v) is 5.08. The average molecular weight is 542 g/mol. The van der Waals surface area contributed by atoms with Crippen molar-refractivity contribution in [2.24, 2.45) is 4.99 Å². The largest absolute Gasteiger partial charge is 0.493 e. The highest BCUT2D eigenvalue weighted by Crippen LogP contribution is 2.26. The highest BCUT2D eigenvalue weighted by Gasteiger charge is 2.25. The number of aliphatic imine (C=N–C) groups is 1. The summed E-state index contributed by atoms with van der Waals surface area (Å²) in [4.78, 5) is 7.32. The molecule has 1 fully saturated rings. The van der Waals surface area contributed by atoms with Gasteiger partial charge in [0.15, 0.2) is 5.96 Å². The van der Waals surface area contributed by atoms with Gasteiger partial charge in [0, 0.05) is 38.4 Å². The number of ether oxygens (including phenoxy) is 2. The molecule has 2 heterocycles. The third kappa shape index (κ3) is 8.34. The van der Waals surface area contributed by atoms with Crippen molar-refractivity contribution in [1.29, 1.82) is 0 Å². The van der Waals surface area contributed by atoms with Crippen molar-refractivity contribution in [3.8, 4) is 5.75 Å². The molecule has 3 rings (SSSR count). The second-order valence-electron chi connectivity index (χ2n) is 7.34. The molecule has 0 amide bonds. The Labute approximate surface area is 202 Å². The van der Waals surface area contributed by atoms with Gasteiger partial charge in [0.2, 0.25) is 0 Å². The summed E-state index contributed by atoms with van der Waals surface area (Å²) in [6, 6.07) is 12.1. The minimum absolute atomic E-state index is 0. The van der Waals surface area contributed by atoms with E-state index in [9.17, 15) is 0 Å². The van der Waals surface area contributed by atoms with E-state index < -0.39 is 0 Å². The van der Waals surface area contributed by atoms with E-state index in [0.717, 1.165) is 49.2 Å². The number of nitrogens with one attached hydrogen (secondary N) is 2. The Bertz CT molecular complexity index is 764. The zero-order valence-corrected chi connectivity index (χ0v) is 20.8. The number of halogens is 1. The van der Waals surface area contributed by atoms with Crippen molar-refractivity contribution in [2.45, 2.75) is 32.2 Å². The van der Waals surface area contributed by atoms with E-state index in [2.05, 4.69) is 22.5 Å². The molecule has 2 aromatic rings. The summed E-state index contributed by atoms with van der Waals surface area (Å²) < 4.78 is 16.6. The number of methoxy groups -OCH3 is 1. The van der Waals surface area contributed by atoms with Gasteiger partial charge in [0.1, 0.15) is 11.5 Å². The molecule has 1 aromatic carbocycles.